The van der Waals surface area contributed by atoms with E-state index in [0.717, 1.165) is 49.7 Å². The van der Waals surface area contributed by atoms with Gasteiger partial charge in [-0.15, -0.1) is 0 Å². The Hall–Kier alpha value is -2.45. The van der Waals surface area contributed by atoms with Crippen molar-refractivity contribution < 1.29 is 19.0 Å². The summed E-state index contributed by atoms with van der Waals surface area (Å²) < 4.78 is 16.5. The number of ether oxygens (including phenoxy) is 3. The Kier molecular flexibility index (Phi) is 7.81. The van der Waals surface area contributed by atoms with Gasteiger partial charge in [0.15, 0.2) is 0 Å². The molecular weight excluding hydrogens is 450 g/mol. The number of anilines is 1. The lowest BCUT2D eigenvalue weighted by molar-refractivity contribution is 0.0221. The Labute approximate surface area is 186 Å². The highest BCUT2D eigenvalue weighted by Gasteiger charge is 2.21. The number of rotatable bonds is 7. The number of nitrogens with zero attached hydrogens (tertiary/aromatic N) is 3. The Balaban J connectivity index is 1.58. The monoisotopic (exact) mass is 477 g/mol. The fraction of sp³-hybridized carbons (Fsp3) is 0.409. The van der Waals surface area contributed by atoms with Gasteiger partial charge in [0.1, 0.15) is 11.5 Å². The van der Waals surface area contributed by atoms with Gasteiger partial charge in [0.25, 0.3) is 0 Å². The number of amides is 1. The van der Waals surface area contributed by atoms with Crippen molar-refractivity contribution >= 4 is 27.7 Å². The lowest BCUT2D eigenvalue weighted by atomic mass is 10.1. The predicted molar refractivity (Wildman–Crippen MR) is 120 cm³/mol. The zero-order chi connectivity index (χ0) is 21.5. The van der Waals surface area contributed by atoms with Crippen LogP contribution in [0.2, 0.25) is 0 Å². The van der Waals surface area contributed by atoms with E-state index in [0.29, 0.717) is 5.75 Å². The summed E-state index contributed by atoms with van der Waals surface area (Å²) in [5.74, 6) is 1.60. The second-order valence-electron chi connectivity index (χ2n) is 7.21. The summed E-state index contributed by atoms with van der Waals surface area (Å²) in [5.41, 5.74) is 2.18. The molecule has 0 bridgehead atoms. The highest BCUT2D eigenvalue weighted by molar-refractivity contribution is 9.09. The molecule has 8 heteroatoms. The predicted octanol–water partition coefficient (Wildman–Crippen LogP) is 3.77. The molecule has 1 atom stereocenters. The molecule has 0 radical (unpaired) electrons. The van der Waals surface area contributed by atoms with Gasteiger partial charge in [-0.2, -0.15) is 0 Å². The molecule has 0 N–H and O–H groups in total. The van der Waals surface area contributed by atoms with Gasteiger partial charge < -0.3 is 24.0 Å². The summed E-state index contributed by atoms with van der Waals surface area (Å²) in [5, 5.41) is -0.851. The largest absolute Gasteiger partial charge is 0.495 e. The summed E-state index contributed by atoms with van der Waals surface area (Å²) in [6, 6.07) is 15.9. The molecule has 1 aliphatic rings. The molecule has 0 aromatic heterocycles. The summed E-state index contributed by atoms with van der Waals surface area (Å²) in [6.07, 6.45) is -0.471. The quantitative estimate of drug-likeness (QED) is 0.446. The van der Waals surface area contributed by atoms with Crippen molar-refractivity contribution in [1.82, 2.24) is 9.80 Å². The van der Waals surface area contributed by atoms with Crippen molar-refractivity contribution in [2.45, 2.75) is 11.7 Å². The molecular formula is C22H28BrN3O4. The number of hydrogen-bond acceptors (Lipinski definition) is 6. The van der Waals surface area contributed by atoms with Crippen LogP contribution in [0.5, 0.6) is 11.5 Å². The average molecular weight is 478 g/mol. The van der Waals surface area contributed by atoms with Crippen LogP contribution in [-0.4, -0.2) is 68.5 Å². The number of carbonyl (C=O) groups is 1. The number of hydrogen-bond donors (Lipinski definition) is 0. The second kappa shape index (κ2) is 10.5. The first kappa shape index (κ1) is 22.2. The van der Waals surface area contributed by atoms with Crippen LogP contribution in [0, 0.1) is 0 Å². The van der Waals surface area contributed by atoms with Gasteiger partial charge in [-0.1, -0.05) is 30.3 Å². The third kappa shape index (κ3) is 5.79. The Bertz CT molecular complexity index is 841. The fourth-order valence-electron chi connectivity index (χ4n) is 3.34. The topological polar surface area (TPSA) is 54.5 Å². The Morgan fingerprint density at radius 3 is 2.33 bits per heavy atom. The molecule has 1 amide bonds. The van der Waals surface area contributed by atoms with Crippen LogP contribution in [0.1, 0.15) is 5.56 Å². The van der Waals surface area contributed by atoms with Crippen LogP contribution in [-0.2, 0) is 11.3 Å². The van der Waals surface area contributed by atoms with Crippen LogP contribution in [0.3, 0.4) is 0 Å². The third-order valence-electron chi connectivity index (χ3n) is 4.94. The van der Waals surface area contributed by atoms with Crippen molar-refractivity contribution in [3.8, 4) is 11.5 Å². The molecule has 1 aliphatic heterocycles. The summed E-state index contributed by atoms with van der Waals surface area (Å²) in [4.78, 5) is 17.8. The van der Waals surface area contributed by atoms with Gasteiger partial charge >= 0.3 is 11.3 Å². The van der Waals surface area contributed by atoms with Crippen molar-refractivity contribution in [2.24, 2.45) is 0 Å². The molecule has 3 rings (SSSR count). The van der Waals surface area contributed by atoms with Crippen LogP contribution in [0.15, 0.2) is 48.5 Å². The lowest BCUT2D eigenvalue weighted by Crippen LogP contribution is -2.46. The van der Waals surface area contributed by atoms with Crippen LogP contribution in [0.25, 0.3) is 0 Å². The van der Waals surface area contributed by atoms with E-state index in [1.807, 2.05) is 42.5 Å². The van der Waals surface area contributed by atoms with E-state index in [2.05, 4.69) is 31.8 Å². The van der Waals surface area contributed by atoms with E-state index in [1.54, 1.807) is 21.2 Å². The number of alkyl halides is 1. The molecule has 0 aliphatic carbocycles. The number of carbonyl (C=O) groups excluding carboxylic acids is 1. The molecule has 162 valence electrons. The molecule has 30 heavy (non-hydrogen) atoms. The van der Waals surface area contributed by atoms with Gasteiger partial charge in [-0.25, -0.2) is 4.79 Å². The van der Waals surface area contributed by atoms with Gasteiger partial charge in [0.2, 0.25) is 0 Å². The van der Waals surface area contributed by atoms with Crippen molar-refractivity contribution in [2.75, 3.05) is 52.3 Å². The highest BCUT2D eigenvalue weighted by Crippen LogP contribution is 2.29. The van der Waals surface area contributed by atoms with E-state index in [1.165, 1.54) is 4.90 Å². The molecule has 0 saturated carbocycles. The minimum absolute atomic E-state index is 0.471. The SMILES string of the molecule is COc1ccccc1N1CCN(Cc2ccccc2OC(Br)OC(=O)N(C)C)CC1. The van der Waals surface area contributed by atoms with Gasteiger partial charge in [-0.05, 0) is 18.2 Å². The second-order valence-corrected chi connectivity index (χ2v) is 7.96. The smallest absolute Gasteiger partial charge is 0.413 e. The fourth-order valence-corrected chi connectivity index (χ4v) is 3.70. The standard InChI is InChI=1S/C22H28BrN3O4/c1-24(2)22(27)30-21(23)29-19-10-6-4-8-17(19)16-25-12-14-26(15-13-25)18-9-5-7-11-20(18)28-3/h4-11,21H,12-16H2,1-3H3. The van der Waals surface area contributed by atoms with E-state index >= 15 is 0 Å². The summed E-state index contributed by atoms with van der Waals surface area (Å²) >= 11 is 3.27. The zero-order valence-corrected chi connectivity index (χ0v) is 19.2. The van der Waals surface area contributed by atoms with E-state index in [9.17, 15) is 4.79 Å². The normalized spacial score (nSPS) is 15.4. The van der Waals surface area contributed by atoms with Gasteiger partial charge in [0, 0.05) is 68.3 Å². The van der Waals surface area contributed by atoms with Crippen molar-refractivity contribution in [3.05, 3.63) is 54.1 Å². The number of benzene rings is 2. The van der Waals surface area contributed by atoms with E-state index in [-0.39, 0.29) is 0 Å². The molecule has 0 spiro atoms. The maximum absolute atomic E-state index is 11.7. The third-order valence-corrected chi connectivity index (χ3v) is 5.32. The first-order valence-corrected chi connectivity index (χ1v) is 10.8. The zero-order valence-electron chi connectivity index (χ0n) is 17.6. The molecule has 2 aromatic rings. The summed E-state index contributed by atoms with van der Waals surface area (Å²) in [7, 11) is 4.96. The maximum Gasteiger partial charge on any atom is 0.413 e. The average Bonchev–Trinajstić information content (AvgIpc) is 2.75. The number of halogens is 1. The molecule has 7 nitrogen and oxygen atoms in total. The lowest BCUT2D eigenvalue weighted by Gasteiger charge is -2.36. The Morgan fingerprint density at radius 1 is 1.03 bits per heavy atom. The van der Waals surface area contributed by atoms with Crippen LogP contribution >= 0.6 is 15.9 Å². The molecule has 1 fully saturated rings. The van der Waals surface area contributed by atoms with Crippen molar-refractivity contribution in [3.63, 3.8) is 0 Å². The maximum atomic E-state index is 11.7. The summed E-state index contributed by atoms with van der Waals surface area (Å²) in [6.45, 7) is 4.46. The first-order valence-electron chi connectivity index (χ1n) is 9.85. The minimum Gasteiger partial charge on any atom is -0.495 e. The van der Waals surface area contributed by atoms with Crippen LogP contribution < -0.4 is 14.4 Å². The Morgan fingerprint density at radius 2 is 1.67 bits per heavy atom. The van der Waals surface area contributed by atoms with E-state index < -0.39 is 11.3 Å². The number of methoxy groups -OCH3 is 1. The molecule has 2 aromatic carbocycles. The highest BCUT2D eigenvalue weighted by atomic mass is 79.9. The minimum atomic E-state index is -0.851. The van der Waals surface area contributed by atoms with Gasteiger partial charge in [-0.3, -0.25) is 4.90 Å². The van der Waals surface area contributed by atoms with Crippen molar-refractivity contribution in [1.29, 1.82) is 0 Å². The molecule has 1 unspecified atom stereocenters. The van der Waals surface area contributed by atoms with Gasteiger partial charge in [0.05, 0.1) is 12.8 Å². The number of piperazine rings is 1. The molecule has 1 heterocycles. The first-order chi connectivity index (χ1) is 14.5. The van der Waals surface area contributed by atoms with Crippen LogP contribution in [0.4, 0.5) is 10.5 Å². The van der Waals surface area contributed by atoms with E-state index in [4.69, 9.17) is 14.2 Å². The number of para-hydroxylation sites is 3. The molecule has 1 saturated heterocycles.